The Hall–Kier alpha value is -2.63. The van der Waals surface area contributed by atoms with Gasteiger partial charge in [-0.15, -0.1) is 0 Å². The van der Waals surface area contributed by atoms with Crippen molar-refractivity contribution in [2.45, 2.75) is 31.2 Å². The van der Waals surface area contributed by atoms with E-state index in [0.717, 1.165) is 13.1 Å². The number of benzene rings is 3. The van der Waals surface area contributed by atoms with Crippen LogP contribution in [0.3, 0.4) is 0 Å². The lowest BCUT2D eigenvalue weighted by Crippen LogP contribution is -2.38. The fourth-order valence-corrected chi connectivity index (χ4v) is 4.50. The van der Waals surface area contributed by atoms with E-state index in [1.54, 1.807) is 0 Å². The van der Waals surface area contributed by atoms with Gasteiger partial charge < -0.3 is 0 Å². The molecular weight excluding hydrogens is 316 g/mol. The number of nitrogens with zero attached hydrogens (tertiary/aromatic N) is 2. The van der Waals surface area contributed by atoms with E-state index in [0.29, 0.717) is 18.4 Å². The quantitative estimate of drug-likeness (QED) is 0.611. The molecule has 0 radical (unpaired) electrons. The van der Waals surface area contributed by atoms with Crippen LogP contribution in [0.4, 0.5) is 0 Å². The van der Waals surface area contributed by atoms with Crippen molar-refractivity contribution >= 4 is 10.8 Å². The number of fused-ring (bicyclic) bond motifs is 1. The molecule has 2 nitrogen and oxygen atoms in total. The molecule has 0 spiro atoms. The largest absolute Gasteiger partial charge is 0.295 e. The summed E-state index contributed by atoms with van der Waals surface area (Å²) in [6, 6.07) is 28.9. The van der Waals surface area contributed by atoms with Gasteiger partial charge in [0.1, 0.15) is 0 Å². The van der Waals surface area contributed by atoms with Crippen molar-refractivity contribution in [3.8, 4) is 6.07 Å². The number of hydrogen-bond donors (Lipinski definition) is 0. The summed E-state index contributed by atoms with van der Waals surface area (Å²) in [6.07, 6.45) is 2.96. The first kappa shape index (κ1) is 16.8. The fourth-order valence-electron chi connectivity index (χ4n) is 4.50. The molecule has 0 aromatic heterocycles. The van der Waals surface area contributed by atoms with Gasteiger partial charge in [-0.1, -0.05) is 72.8 Å². The lowest BCUT2D eigenvalue weighted by atomic mass is 9.78. The van der Waals surface area contributed by atoms with E-state index < -0.39 is 0 Å². The van der Waals surface area contributed by atoms with E-state index in [1.807, 2.05) is 0 Å². The van der Waals surface area contributed by atoms with E-state index in [-0.39, 0.29) is 0 Å². The normalized spacial score (nSPS) is 20.7. The minimum absolute atomic E-state index is 0.337. The van der Waals surface area contributed by atoms with Crippen molar-refractivity contribution in [2.75, 3.05) is 13.1 Å². The van der Waals surface area contributed by atoms with Gasteiger partial charge >= 0.3 is 0 Å². The van der Waals surface area contributed by atoms with E-state index in [4.69, 9.17) is 5.26 Å². The number of hydrogen-bond acceptors (Lipinski definition) is 2. The van der Waals surface area contributed by atoms with Crippen LogP contribution in [0.2, 0.25) is 0 Å². The second-order valence-electron chi connectivity index (χ2n) is 7.12. The minimum Gasteiger partial charge on any atom is -0.295 e. The van der Waals surface area contributed by atoms with E-state index >= 15 is 0 Å². The first-order chi connectivity index (χ1) is 12.9. The highest BCUT2D eigenvalue weighted by atomic mass is 15.2. The molecule has 130 valence electrons. The Morgan fingerprint density at radius 2 is 1.69 bits per heavy atom. The molecule has 1 fully saturated rings. The van der Waals surface area contributed by atoms with Gasteiger partial charge in [-0.25, -0.2) is 0 Å². The van der Waals surface area contributed by atoms with Crippen molar-refractivity contribution in [3.63, 3.8) is 0 Å². The summed E-state index contributed by atoms with van der Waals surface area (Å²) in [6.45, 7) is 1.92. The van der Waals surface area contributed by atoms with Crippen molar-refractivity contribution in [3.05, 3.63) is 83.9 Å². The molecule has 1 aliphatic rings. The number of likely N-dealkylation sites (tertiary alicyclic amines) is 1. The van der Waals surface area contributed by atoms with E-state index in [2.05, 4.69) is 83.8 Å². The van der Waals surface area contributed by atoms with Gasteiger partial charge in [-0.3, -0.25) is 4.90 Å². The van der Waals surface area contributed by atoms with Gasteiger partial charge in [0.2, 0.25) is 0 Å². The lowest BCUT2D eigenvalue weighted by Gasteiger charge is -2.42. The molecule has 0 amide bonds. The van der Waals surface area contributed by atoms with Crippen LogP contribution in [0, 0.1) is 11.3 Å². The first-order valence-electron chi connectivity index (χ1n) is 9.52. The average Bonchev–Trinajstić information content (AvgIpc) is 2.72. The third-order valence-electron chi connectivity index (χ3n) is 5.61. The summed E-state index contributed by atoms with van der Waals surface area (Å²) in [7, 11) is 0. The molecule has 2 heteroatoms. The van der Waals surface area contributed by atoms with Crippen molar-refractivity contribution < 1.29 is 0 Å². The monoisotopic (exact) mass is 340 g/mol. The van der Waals surface area contributed by atoms with Gasteiger partial charge in [-0.05, 0) is 41.3 Å². The molecule has 0 N–H and O–H groups in total. The third-order valence-corrected chi connectivity index (χ3v) is 5.61. The van der Waals surface area contributed by atoms with Crippen molar-refractivity contribution in [1.29, 1.82) is 5.26 Å². The van der Waals surface area contributed by atoms with Gasteiger partial charge in [-0.2, -0.15) is 5.26 Å². The zero-order valence-corrected chi connectivity index (χ0v) is 15.0. The summed E-state index contributed by atoms with van der Waals surface area (Å²) in [5.41, 5.74) is 2.81. The molecule has 0 bridgehead atoms. The Bertz CT molecular complexity index is 905. The summed E-state index contributed by atoms with van der Waals surface area (Å²) in [4.78, 5) is 2.52. The maximum atomic E-state index is 9.10. The summed E-state index contributed by atoms with van der Waals surface area (Å²) < 4.78 is 0. The molecule has 1 heterocycles. The maximum absolute atomic E-state index is 9.10. The molecule has 1 aliphatic heterocycles. The highest BCUT2D eigenvalue weighted by molar-refractivity contribution is 5.86. The number of piperidine rings is 1. The molecule has 3 aromatic rings. The second-order valence-corrected chi connectivity index (χ2v) is 7.12. The van der Waals surface area contributed by atoms with Gasteiger partial charge in [0.05, 0.1) is 6.07 Å². The molecule has 3 aromatic carbocycles. The maximum Gasteiger partial charge on any atom is 0.0635 e. The Labute approximate surface area is 155 Å². The Kier molecular flexibility index (Phi) is 5.00. The zero-order chi connectivity index (χ0) is 17.8. The molecule has 0 unspecified atom stereocenters. The van der Waals surface area contributed by atoms with Crippen LogP contribution in [0.5, 0.6) is 0 Å². The second kappa shape index (κ2) is 7.72. The molecule has 0 aliphatic carbocycles. The lowest BCUT2D eigenvalue weighted by molar-refractivity contribution is 0.130. The van der Waals surface area contributed by atoms with Crippen molar-refractivity contribution in [1.82, 2.24) is 4.90 Å². The van der Waals surface area contributed by atoms with Crippen LogP contribution < -0.4 is 0 Å². The Balaban J connectivity index is 1.80. The fraction of sp³-hybridized carbons (Fsp3) is 0.292. The molecular formula is C24H24N2. The predicted octanol–water partition coefficient (Wildman–Crippen LogP) is 5.67. The molecule has 26 heavy (non-hydrogen) atoms. The minimum atomic E-state index is 0.337. The van der Waals surface area contributed by atoms with Crippen LogP contribution in [0.15, 0.2) is 72.8 Å². The van der Waals surface area contributed by atoms with Crippen LogP contribution >= 0.6 is 0 Å². The topological polar surface area (TPSA) is 27.0 Å². The van der Waals surface area contributed by atoms with Crippen molar-refractivity contribution in [2.24, 2.45) is 0 Å². The van der Waals surface area contributed by atoms with E-state index in [9.17, 15) is 0 Å². The molecule has 1 saturated heterocycles. The van der Waals surface area contributed by atoms with Crippen LogP contribution in [-0.4, -0.2) is 18.0 Å². The predicted molar refractivity (Wildman–Crippen MR) is 107 cm³/mol. The number of nitriles is 1. The van der Waals surface area contributed by atoms with Crippen LogP contribution in [-0.2, 0) is 0 Å². The molecule has 4 rings (SSSR count). The van der Waals surface area contributed by atoms with Gasteiger partial charge in [0, 0.05) is 24.9 Å². The highest BCUT2D eigenvalue weighted by Crippen LogP contribution is 2.44. The zero-order valence-electron chi connectivity index (χ0n) is 15.0. The number of rotatable bonds is 4. The first-order valence-corrected chi connectivity index (χ1v) is 9.52. The third kappa shape index (κ3) is 3.23. The van der Waals surface area contributed by atoms with Gasteiger partial charge in [0.15, 0.2) is 0 Å². The van der Waals surface area contributed by atoms with Crippen LogP contribution in [0.1, 0.15) is 42.3 Å². The summed E-state index contributed by atoms with van der Waals surface area (Å²) in [5, 5.41) is 11.8. The Morgan fingerprint density at radius 3 is 2.54 bits per heavy atom. The van der Waals surface area contributed by atoms with E-state index in [1.165, 1.54) is 34.7 Å². The highest BCUT2D eigenvalue weighted by Gasteiger charge is 2.33. The van der Waals surface area contributed by atoms with Gasteiger partial charge in [0.25, 0.3) is 0 Å². The summed E-state index contributed by atoms with van der Waals surface area (Å²) >= 11 is 0. The molecule has 2 atom stereocenters. The standard InChI is InChI=1S/C24H24N2/c25-16-8-18-26-17-7-15-23(24(26)20-10-2-1-3-11-20)22-14-6-12-19-9-4-5-13-21(19)22/h1-6,9-14,23-24H,7-8,15,17-18H2/t23-,24+/m0/s1. The SMILES string of the molecule is N#CCCN1CCC[C@@H](c2cccc3ccccc23)[C@H]1c1ccccc1. The smallest absolute Gasteiger partial charge is 0.0635 e. The molecule has 0 saturated carbocycles. The Morgan fingerprint density at radius 1 is 0.923 bits per heavy atom. The van der Waals surface area contributed by atoms with Crippen LogP contribution in [0.25, 0.3) is 10.8 Å². The summed E-state index contributed by atoms with van der Waals surface area (Å²) in [5.74, 6) is 0.455. The average molecular weight is 340 g/mol.